The van der Waals surface area contributed by atoms with Crippen LogP contribution >= 0.6 is 23.1 Å². The minimum Gasteiger partial charge on any atom is -0.497 e. The fraction of sp³-hybridized carbons (Fsp3) is 0.130. The van der Waals surface area contributed by atoms with E-state index in [2.05, 4.69) is 0 Å². The first-order valence-electron chi connectivity index (χ1n) is 9.19. The molecule has 0 aliphatic carbocycles. The van der Waals surface area contributed by atoms with Gasteiger partial charge in [0.2, 0.25) is 5.91 Å². The van der Waals surface area contributed by atoms with Crippen molar-refractivity contribution in [3.63, 3.8) is 0 Å². The van der Waals surface area contributed by atoms with Crippen LogP contribution in [0.25, 0.3) is 10.2 Å². The number of benzene rings is 3. The summed E-state index contributed by atoms with van der Waals surface area (Å²) in [6.45, 7) is 0.492. The lowest BCUT2D eigenvalue weighted by Crippen LogP contribution is -2.31. The maximum atomic E-state index is 13.2. The predicted molar refractivity (Wildman–Crippen MR) is 121 cm³/mol. The number of rotatable bonds is 7. The van der Waals surface area contributed by atoms with Gasteiger partial charge in [0.1, 0.15) is 5.75 Å². The maximum absolute atomic E-state index is 13.2. The first-order valence-corrected chi connectivity index (χ1v) is 11.0. The highest BCUT2D eigenvalue weighted by Crippen LogP contribution is 2.33. The molecule has 0 fully saturated rings. The number of methoxy groups -OCH3 is 1. The minimum atomic E-state index is 0.0359. The van der Waals surface area contributed by atoms with Crippen LogP contribution in [-0.2, 0) is 11.3 Å². The summed E-state index contributed by atoms with van der Waals surface area (Å²) < 4.78 is 6.32. The molecule has 4 rings (SSSR count). The second-order valence-electron chi connectivity index (χ2n) is 6.40. The van der Waals surface area contributed by atoms with E-state index < -0.39 is 0 Å². The van der Waals surface area contributed by atoms with E-state index in [1.165, 1.54) is 11.3 Å². The van der Waals surface area contributed by atoms with Gasteiger partial charge in [-0.25, -0.2) is 4.98 Å². The van der Waals surface area contributed by atoms with Gasteiger partial charge in [0.25, 0.3) is 0 Å². The average molecular weight is 421 g/mol. The van der Waals surface area contributed by atoms with Gasteiger partial charge in [0.15, 0.2) is 5.13 Å². The van der Waals surface area contributed by atoms with Gasteiger partial charge in [-0.3, -0.25) is 9.69 Å². The second kappa shape index (κ2) is 9.11. The fourth-order valence-electron chi connectivity index (χ4n) is 2.90. The van der Waals surface area contributed by atoms with Gasteiger partial charge >= 0.3 is 0 Å². The number of carbonyl (C=O) groups excluding carboxylic acids is 1. The van der Waals surface area contributed by atoms with Crippen molar-refractivity contribution in [2.24, 2.45) is 0 Å². The Labute approximate surface area is 178 Å². The Morgan fingerprint density at radius 2 is 1.76 bits per heavy atom. The zero-order valence-corrected chi connectivity index (χ0v) is 17.6. The van der Waals surface area contributed by atoms with E-state index in [1.807, 2.05) is 78.9 Å². The first-order chi connectivity index (χ1) is 14.2. The maximum Gasteiger partial charge on any atom is 0.239 e. The number of hydrogen-bond donors (Lipinski definition) is 0. The molecule has 0 unspecified atom stereocenters. The van der Waals surface area contributed by atoms with Crippen molar-refractivity contribution in [3.05, 3.63) is 84.4 Å². The third-order valence-electron chi connectivity index (χ3n) is 4.41. The van der Waals surface area contributed by atoms with Gasteiger partial charge in [-0.15, -0.1) is 11.8 Å². The highest BCUT2D eigenvalue weighted by Gasteiger charge is 2.20. The molecule has 1 heterocycles. The van der Waals surface area contributed by atoms with Crippen molar-refractivity contribution in [2.45, 2.75) is 11.4 Å². The van der Waals surface area contributed by atoms with E-state index in [4.69, 9.17) is 9.72 Å². The van der Waals surface area contributed by atoms with E-state index in [-0.39, 0.29) is 5.91 Å². The van der Waals surface area contributed by atoms with Crippen molar-refractivity contribution in [1.82, 2.24) is 4.98 Å². The largest absolute Gasteiger partial charge is 0.497 e. The highest BCUT2D eigenvalue weighted by molar-refractivity contribution is 8.00. The molecule has 4 nitrogen and oxygen atoms in total. The van der Waals surface area contributed by atoms with Crippen LogP contribution in [0.15, 0.2) is 83.8 Å². The van der Waals surface area contributed by atoms with E-state index >= 15 is 0 Å². The number of ether oxygens (including phenoxy) is 1. The zero-order chi connectivity index (χ0) is 20.1. The molecule has 146 valence electrons. The Balaban J connectivity index is 1.61. The normalized spacial score (nSPS) is 10.8. The number of aromatic nitrogens is 1. The lowest BCUT2D eigenvalue weighted by molar-refractivity contribution is -0.116. The summed E-state index contributed by atoms with van der Waals surface area (Å²) >= 11 is 3.05. The molecular weight excluding hydrogens is 400 g/mol. The van der Waals surface area contributed by atoms with Crippen molar-refractivity contribution >= 4 is 44.4 Å². The monoisotopic (exact) mass is 420 g/mol. The van der Waals surface area contributed by atoms with Crippen molar-refractivity contribution < 1.29 is 9.53 Å². The van der Waals surface area contributed by atoms with Crippen LogP contribution in [0.1, 0.15) is 5.56 Å². The Bertz CT molecular complexity index is 1100. The SMILES string of the molecule is COc1ccc2nc(N(Cc3ccccc3)C(=O)CSc3ccccc3)sc2c1. The molecule has 0 atom stereocenters. The number of carbonyl (C=O) groups is 1. The van der Waals surface area contributed by atoms with Crippen LogP contribution in [0.5, 0.6) is 5.75 Å². The van der Waals surface area contributed by atoms with E-state index in [1.54, 1.807) is 23.8 Å². The second-order valence-corrected chi connectivity index (χ2v) is 8.46. The van der Waals surface area contributed by atoms with Crippen molar-refractivity contribution in [3.8, 4) is 5.75 Å². The van der Waals surface area contributed by atoms with Crippen LogP contribution in [0.3, 0.4) is 0 Å². The minimum absolute atomic E-state index is 0.0359. The summed E-state index contributed by atoms with van der Waals surface area (Å²) in [7, 11) is 1.65. The molecule has 29 heavy (non-hydrogen) atoms. The zero-order valence-electron chi connectivity index (χ0n) is 15.9. The summed E-state index contributed by atoms with van der Waals surface area (Å²) in [6, 6.07) is 25.8. The molecule has 3 aromatic carbocycles. The van der Waals surface area contributed by atoms with Crippen LogP contribution in [-0.4, -0.2) is 23.8 Å². The van der Waals surface area contributed by atoms with Gasteiger partial charge in [-0.1, -0.05) is 59.9 Å². The molecule has 1 aromatic heterocycles. The molecule has 0 saturated carbocycles. The Morgan fingerprint density at radius 1 is 1.03 bits per heavy atom. The van der Waals surface area contributed by atoms with Crippen molar-refractivity contribution in [2.75, 3.05) is 17.8 Å². The number of thiazole rings is 1. The summed E-state index contributed by atoms with van der Waals surface area (Å²) in [4.78, 5) is 20.7. The highest BCUT2D eigenvalue weighted by atomic mass is 32.2. The van der Waals surface area contributed by atoms with Crippen LogP contribution in [0, 0.1) is 0 Å². The Morgan fingerprint density at radius 3 is 2.48 bits per heavy atom. The number of thioether (sulfide) groups is 1. The predicted octanol–water partition coefficient (Wildman–Crippen LogP) is 5.63. The van der Waals surface area contributed by atoms with Gasteiger partial charge in [0.05, 0.1) is 29.6 Å². The molecule has 6 heteroatoms. The standard InChI is InChI=1S/C23H20N2O2S2/c1-27-18-12-13-20-21(14-18)29-23(24-20)25(15-17-8-4-2-5-9-17)22(26)16-28-19-10-6-3-7-11-19/h2-14H,15-16H2,1H3. The first kappa shape index (κ1) is 19.5. The van der Waals surface area contributed by atoms with Gasteiger partial charge in [-0.2, -0.15) is 0 Å². The number of nitrogens with zero attached hydrogens (tertiary/aromatic N) is 2. The molecular formula is C23H20N2O2S2. The molecule has 0 N–H and O–H groups in total. The fourth-order valence-corrected chi connectivity index (χ4v) is 4.71. The summed E-state index contributed by atoms with van der Waals surface area (Å²) in [5.74, 6) is 1.18. The number of amides is 1. The third kappa shape index (κ3) is 4.78. The lowest BCUT2D eigenvalue weighted by atomic mass is 10.2. The van der Waals surface area contributed by atoms with Crippen molar-refractivity contribution in [1.29, 1.82) is 0 Å². The molecule has 0 spiro atoms. The Kier molecular flexibility index (Phi) is 6.12. The molecule has 0 aliphatic heterocycles. The van der Waals surface area contributed by atoms with Crippen LogP contribution in [0.4, 0.5) is 5.13 Å². The summed E-state index contributed by atoms with van der Waals surface area (Å²) in [5.41, 5.74) is 1.94. The summed E-state index contributed by atoms with van der Waals surface area (Å²) in [5, 5.41) is 0.704. The van der Waals surface area contributed by atoms with Gasteiger partial charge in [-0.05, 0) is 35.9 Å². The van der Waals surface area contributed by atoms with Gasteiger partial charge < -0.3 is 4.74 Å². The number of fused-ring (bicyclic) bond motifs is 1. The Hall–Kier alpha value is -2.83. The van der Waals surface area contributed by atoms with E-state index in [9.17, 15) is 4.79 Å². The van der Waals surface area contributed by atoms with E-state index in [0.29, 0.717) is 17.4 Å². The van der Waals surface area contributed by atoms with E-state index in [0.717, 1.165) is 26.4 Å². The summed E-state index contributed by atoms with van der Waals surface area (Å²) in [6.07, 6.45) is 0. The molecule has 1 amide bonds. The average Bonchev–Trinajstić information content (AvgIpc) is 3.20. The molecule has 4 aromatic rings. The topological polar surface area (TPSA) is 42.4 Å². The molecule has 0 bridgehead atoms. The quantitative estimate of drug-likeness (QED) is 0.363. The molecule has 0 saturated heterocycles. The van der Waals surface area contributed by atoms with Crippen LogP contribution in [0.2, 0.25) is 0 Å². The van der Waals surface area contributed by atoms with Gasteiger partial charge in [0, 0.05) is 4.90 Å². The van der Waals surface area contributed by atoms with Crippen LogP contribution < -0.4 is 9.64 Å². The third-order valence-corrected chi connectivity index (χ3v) is 6.44. The molecule has 0 radical (unpaired) electrons. The lowest BCUT2D eigenvalue weighted by Gasteiger charge is -2.20. The number of hydrogen-bond acceptors (Lipinski definition) is 5. The molecule has 0 aliphatic rings. The smallest absolute Gasteiger partial charge is 0.239 e. The number of anilines is 1.